The quantitative estimate of drug-likeness (QED) is 0.499. The van der Waals surface area contributed by atoms with Crippen LogP contribution in [0, 0.1) is 0 Å². The number of phenolic OH excluding ortho intramolecular Hbond substituents is 1. The Hall–Kier alpha value is -1.68. The molecule has 1 rings (SSSR count). The predicted octanol–water partition coefficient (Wildman–Crippen LogP) is 2.83. The first-order valence-corrected chi connectivity index (χ1v) is 5.38. The predicted molar refractivity (Wildman–Crippen MR) is 70.6 cm³/mol. The number of likely N-dealkylation sites (N-methyl/N-ethyl adjacent to an activating group) is 1. The molecule has 1 aromatic carbocycles. The van der Waals surface area contributed by atoms with Gasteiger partial charge in [-0.15, -0.1) is 6.58 Å². The molecular formula is C12H15ClN2O2. The lowest BCUT2D eigenvalue weighted by Crippen LogP contribution is -2.15. The zero-order valence-corrected chi connectivity index (χ0v) is 10.6. The van der Waals surface area contributed by atoms with Gasteiger partial charge in [0.1, 0.15) is 0 Å². The molecule has 0 radical (unpaired) electrons. The smallest absolute Gasteiger partial charge is 0.162 e. The van der Waals surface area contributed by atoms with Crippen LogP contribution in [0.2, 0.25) is 5.02 Å². The van der Waals surface area contributed by atoms with E-state index in [0.717, 1.165) is 0 Å². The Kier molecular flexibility index (Phi) is 4.84. The van der Waals surface area contributed by atoms with Crippen molar-refractivity contribution >= 4 is 23.6 Å². The fourth-order valence-electron chi connectivity index (χ4n) is 1.21. The highest BCUT2D eigenvalue weighted by atomic mass is 35.5. The molecule has 0 aliphatic heterocycles. The molecular weight excluding hydrogens is 240 g/mol. The number of ether oxygens (including phenoxy) is 1. The van der Waals surface area contributed by atoms with Crippen molar-refractivity contribution < 1.29 is 9.84 Å². The van der Waals surface area contributed by atoms with E-state index in [9.17, 15) is 5.11 Å². The van der Waals surface area contributed by atoms with Crippen LogP contribution in [0.4, 0.5) is 5.69 Å². The molecule has 92 valence electrons. The van der Waals surface area contributed by atoms with Crippen LogP contribution in [-0.2, 0) is 0 Å². The van der Waals surface area contributed by atoms with E-state index in [4.69, 9.17) is 16.3 Å². The topological polar surface area (TPSA) is 45.1 Å². The van der Waals surface area contributed by atoms with Gasteiger partial charge in [0.25, 0.3) is 0 Å². The highest BCUT2D eigenvalue weighted by Crippen LogP contribution is 2.36. The molecule has 0 atom stereocenters. The van der Waals surface area contributed by atoms with Crippen LogP contribution in [0.5, 0.6) is 11.5 Å². The molecule has 0 unspecified atom stereocenters. The average molecular weight is 255 g/mol. The normalized spacial score (nSPS) is 10.5. The van der Waals surface area contributed by atoms with Crippen LogP contribution >= 0.6 is 11.6 Å². The summed E-state index contributed by atoms with van der Waals surface area (Å²) < 4.78 is 4.98. The Balaban J connectivity index is 2.94. The van der Waals surface area contributed by atoms with Gasteiger partial charge < -0.3 is 14.7 Å². The van der Waals surface area contributed by atoms with Gasteiger partial charge in [0, 0.05) is 25.7 Å². The maximum Gasteiger partial charge on any atom is 0.162 e. The number of aromatic hydroxyl groups is 1. The van der Waals surface area contributed by atoms with Crippen molar-refractivity contribution in [1.82, 2.24) is 4.90 Å². The van der Waals surface area contributed by atoms with Gasteiger partial charge in [-0.05, 0) is 0 Å². The highest BCUT2D eigenvalue weighted by molar-refractivity contribution is 6.33. The molecule has 17 heavy (non-hydrogen) atoms. The summed E-state index contributed by atoms with van der Waals surface area (Å²) in [6, 6.07) is 2.98. The van der Waals surface area contributed by atoms with E-state index in [1.807, 2.05) is 11.9 Å². The monoisotopic (exact) mass is 254 g/mol. The Bertz CT molecular complexity index is 433. The molecule has 1 N–H and O–H groups in total. The third kappa shape index (κ3) is 3.67. The van der Waals surface area contributed by atoms with Crippen LogP contribution in [0.3, 0.4) is 0 Å². The van der Waals surface area contributed by atoms with Gasteiger partial charge in [-0.2, -0.15) is 0 Å². The van der Waals surface area contributed by atoms with Crippen LogP contribution < -0.4 is 4.74 Å². The number of aliphatic imine (C=N–C) groups is 1. The van der Waals surface area contributed by atoms with E-state index in [1.165, 1.54) is 13.2 Å². The van der Waals surface area contributed by atoms with Crippen molar-refractivity contribution in [3.63, 3.8) is 0 Å². The number of methoxy groups -OCH3 is 1. The first-order valence-electron chi connectivity index (χ1n) is 5.00. The van der Waals surface area contributed by atoms with Gasteiger partial charge in [0.15, 0.2) is 11.5 Å². The summed E-state index contributed by atoms with van der Waals surface area (Å²) in [5.74, 6) is 0.337. The Morgan fingerprint density at radius 2 is 2.29 bits per heavy atom. The number of hydrogen-bond donors (Lipinski definition) is 1. The molecule has 0 fully saturated rings. The number of rotatable bonds is 5. The van der Waals surface area contributed by atoms with E-state index in [1.54, 1.807) is 18.5 Å². The second-order valence-corrected chi connectivity index (χ2v) is 3.86. The SMILES string of the molecule is C=CCN(C)C=Nc1cc(OC)c(O)cc1Cl. The van der Waals surface area contributed by atoms with Crippen molar-refractivity contribution in [3.8, 4) is 11.5 Å². The number of halogens is 1. The fraction of sp³-hybridized carbons (Fsp3) is 0.250. The first kappa shape index (κ1) is 13.4. The van der Waals surface area contributed by atoms with E-state index in [-0.39, 0.29) is 5.75 Å². The zero-order valence-electron chi connectivity index (χ0n) is 9.85. The second-order valence-electron chi connectivity index (χ2n) is 3.45. The summed E-state index contributed by atoms with van der Waals surface area (Å²) >= 11 is 5.95. The van der Waals surface area contributed by atoms with Gasteiger partial charge >= 0.3 is 0 Å². The van der Waals surface area contributed by atoms with Gasteiger partial charge in [-0.1, -0.05) is 17.7 Å². The van der Waals surface area contributed by atoms with Gasteiger partial charge in [-0.25, -0.2) is 4.99 Å². The summed E-state index contributed by atoms with van der Waals surface area (Å²) in [5.41, 5.74) is 0.539. The average Bonchev–Trinajstić information content (AvgIpc) is 2.28. The van der Waals surface area contributed by atoms with E-state index in [0.29, 0.717) is 23.0 Å². The summed E-state index contributed by atoms with van der Waals surface area (Å²) in [7, 11) is 3.34. The van der Waals surface area contributed by atoms with Gasteiger partial charge in [0.2, 0.25) is 0 Å². The van der Waals surface area contributed by atoms with Crippen molar-refractivity contribution in [2.24, 2.45) is 4.99 Å². The molecule has 0 aromatic heterocycles. The molecule has 0 aliphatic carbocycles. The molecule has 0 spiro atoms. The van der Waals surface area contributed by atoms with E-state index in [2.05, 4.69) is 11.6 Å². The van der Waals surface area contributed by atoms with Crippen molar-refractivity contribution in [2.45, 2.75) is 0 Å². The van der Waals surface area contributed by atoms with Crippen molar-refractivity contribution in [2.75, 3.05) is 20.7 Å². The van der Waals surface area contributed by atoms with E-state index < -0.39 is 0 Å². The minimum atomic E-state index is -0.00380. The molecule has 1 aromatic rings. The van der Waals surface area contributed by atoms with Crippen LogP contribution in [0.25, 0.3) is 0 Å². The lowest BCUT2D eigenvalue weighted by molar-refractivity contribution is 0.373. The Morgan fingerprint density at radius 1 is 1.59 bits per heavy atom. The highest BCUT2D eigenvalue weighted by Gasteiger charge is 2.07. The Labute approximate surface area is 106 Å². The largest absolute Gasteiger partial charge is 0.504 e. The fourth-order valence-corrected chi connectivity index (χ4v) is 1.41. The van der Waals surface area contributed by atoms with Crippen LogP contribution in [-0.4, -0.2) is 37.0 Å². The second kappa shape index (κ2) is 6.15. The first-order chi connectivity index (χ1) is 8.08. The molecule has 0 saturated heterocycles. The zero-order chi connectivity index (χ0) is 12.8. The van der Waals surface area contributed by atoms with Gasteiger partial charge in [0.05, 0.1) is 24.2 Å². The van der Waals surface area contributed by atoms with E-state index >= 15 is 0 Å². The summed E-state index contributed by atoms with van der Waals surface area (Å²) in [4.78, 5) is 6.05. The number of phenols is 1. The number of hydrogen-bond acceptors (Lipinski definition) is 3. The third-order valence-corrected chi connectivity index (χ3v) is 2.36. The van der Waals surface area contributed by atoms with Crippen molar-refractivity contribution in [1.29, 1.82) is 0 Å². The summed E-state index contributed by atoms with van der Waals surface area (Å²) in [6.07, 6.45) is 3.41. The molecule has 5 heteroatoms. The van der Waals surface area contributed by atoms with Crippen LogP contribution in [0.15, 0.2) is 29.8 Å². The summed E-state index contributed by atoms with van der Waals surface area (Å²) in [5, 5.41) is 9.86. The molecule has 0 bridgehead atoms. The maximum atomic E-state index is 9.49. The van der Waals surface area contributed by atoms with Crippen molar-refractivity contribution in [3.05, 3.63) is 29.8 Å². The lowest BCUT2D eigenvalue weighted by Gasteiger charge is -2.10. The minimum absolute atomic E-state index is 0.00380. The molecule has 0 heterocycles. The number of benzene rings is 1. The molecule has 0 amide bonds. The minimum Gasteiger partial charge on any atom is -0.504 e. The van der Waals surface area contributed by atoms with Crippen LogP contribution in [0.1, 0.15) is 0 Å². The Morgan fingerprint density at radius 3 is 2.88 bits per heavy atom. The lowest BCUT2D eigenvalue weighted by atomic mass is 10.3. The summed E-state index contributed by atoms with van der Waals surface area (Å²) in [6.45, 7) is 4.32. The molecule has 4 nitrogen and oxygen atoms in total. The third-order valence-electron chi connectivity index (χ3n) is 2.06. The molecule has 0 saturated carbocycles. The maximum absolute atomic E-state index is 9.49. The van der Waals surface area contributed by atoms with Gasteiger partial charge in [-0.3, -0.25) is 0 Å². The standard InChI is InChI=1S/C12H15ClN2O2/c1-4-5-15(2)8-14-10-7-12(17-3)11(16)6-9(10)13/h4,6-8,16H,1,5H2,2-3H3. The molecule has 0 aliphatic rings. The number of nitrogens with zero attached hydrogens (tertiary/aromatic N) is 2.